The van der Waals surface area contributed by atoms with Crippen molar-refractivity contribution < 1.29 is 9.47 Å². The SMILES string of the molecule is COc1ccc(C(c2nnnn2C2CCCCC2)N2CCN(C3CCCC3)CC2)cc1OC. The van der Waals surface area contributed by atoms with Gasteiger partial charge in [0, 0.05) is 32.2 Å². The molecule has 3 aliphatic rings. The summed E-state index contributed by atoms with van der Waals surface area (Å²) in [4.78, 5) is 5.27. The van der Waals surface area contributed by atoms with E-state index in [4.69, 9.17) is 9.47 Å². The summed E-state index contributed by atoms with van der Waals surface area (Å²) in [5, 5.41) is 13.3. The first-order chi connectivity index (χ1) is 16.3. The van der Waals surface area contributed by atoms with Gasteiger partial charge in [-0.3, -0.25) is 9.80 Å². The molecule has 0 radical (unpaired) electrons. The van der Waals surface area contributed by atoms with E-state index < -0.39 is 0 Å². The molecule has 33 heavy (non-hydrogen) atoms. The molecule has 0 amide bonds. The van der Waals surface area contributed by atoms with Gasteiger partial charge in [-0.2, -0.15) is 0 Å². The van der Waals surface area contributed by atoms with Gasteiger partial charge in [0.05, 0.1) is 26.3 Å². The predicted octanol–water partition coefficient (Wildman–Crippen LogP) is 3.85. The minimum atomic E-state index is 0.00691. The first-order valence-electron chi connectivity index (χ1n) is 12.8. The molecular formula is C25H38N6O2. The molecule has 1 aromatic carbocycles. The Bertz CT molecular complexity index is 898. The molecule has 1 aromatic heterocycles. The first kappa shape index (κ1) is 22.6. The molecule has 1 aliphatic heterocycles. The Kier molecular flexibility index (Phi) is 7.11. The van der Waals surface area contributed by atoms with Crippen molar-refractivity contribution >= 4 is 0 Å². The van der Waals surface area contributed by atoms with Crippen LogP contribution in [0.25, 0.3) is 0 Å². The van der Waals surface area contributed by atoms with E-state index in [1.165, 1.54) is 44.9 Å². The lowest BCUT2D eigenvalue weighted by atomic mass is 9.95. The molecule has 1 unspecified atom stereocenters. The van der Waals surface area contributed by atoms with Gasteiger partial charge in [0.1, 0.15) is 0 Å². The molecule has 0 spiro atoms. The van der Waals surface area contributed by atoms with Gasteiger partial charge < -0.3 is 9.47 Å². The average Bonchev–Trinajstić information content (AvgIpc) is 3.58. The molecule has 180 valence electrons. The van der Waals surface area contributed by atoms with Gasteiger partial charge in [0.25, 0.3) is 0 Å². The van der Waals surface area contributed by atoms with E-state index in [-0.39, 0.29) is 6.04 Å². The first-order valence-corrected chi connectivity index (χ1v) is 12.8. The molecule has 3 fully saturated rings. The maximum absolute atomic E-state index is 5.65. The number of tetrazole rings is 1. The normalized spacial score (nSPS) is 22.5. The van der Waals surface area contributed by atoms with Gasteiger partial charge in [0.2, 0.25) is 0 Å². The third-order valence-corrected chi connectivity index (χ3v) is 7.96. The zero-order chi connectivity index (χ0) is 22.6. The number of piperazine rings is 1. The van der Waals surface area contributed by atoms with E-state index in [1.807, 2.05) is 6.07 Å². The molecule has 2 heterocycles. The second-order valence-corrected chi connectivity index (χ2v) is 9.80. The van der Waals surface area contributed by atoms with Crippen LogP contribution in [0.2, 0.25) is 0 Å². The summed E-state index contributed by atoms with van der Waals surface area (Å²) in [7, 11) is 3.38. The van der Waals surface area contributed by atoms with Crippen LogP contribution in [0.5, 0.6) is 11.5 Å². The van der Waals surface area contributed by atoms with E-state index >= 15 is 0 Å². The summed E-state index contributed by atoms with van der Waals surface area (Å²) < 4.78 is 13.3. The summed E-state index contributed by atoms with van der Waals surface area (Å²) in [5.74, 6) is 2.46. The predicted molar refractivity (Wildman–Crippen MR) is 127 cm³/mol. The van der Waals surface area contributed by atoms with Crippen LogP contribution in [-0.2, 0) is 0 Å². The number of ether oxygens (including phenoxy) is 2. The molecule has 5 rings (SSSR count). The summed E-state index contributed by atoms with van der Waals surface area (Å²) >= 11 is 0. The van der Waals surface area contributed by atoms with Crippen molar-refractivity contribution in [1.82, 2.24) is 30.0 Å². The molecule has 2 aromatic rings. The maximum Gasteiger partial charge on any atom is 0.173 e. The van der Waals surface area contributed by atoms with E-state index in [2.05, 4.69) is 42.1 Å². The largest absolute Gasteiger partial charge is 0.493 e. The third kappa shape index (κ3) is 4.73. The Balaban J connectivity index is 1.45. The third-order valence-electron chi connectivity index (χ3n) is 7.96. The Morgan fingerprint density at radius 2 is 1.48 bits per heavy atom. The summed E-state index contributed by atoms with van der Waals surface area (Å²) in [5.41, 5.74) is 1.16. The number of hydrogen-bond donors (Lipinski definition) is 0. The van der Waals surface area contributed by atoms with Crippen molar-refractivity contribution in [3.8, 4) is 11.5 Å². The van der Waals surface area contributed by atoms with Crippen LogP contribution in [0.15, 0.2) is 18.2 Å². The second-order valence-electron chi connectivity index (χ2n) is 9.80. The van der Waals surface area contributed by atoms with Crippen LogP contribution in [0.1, 0.15) is 81.3 Å². The number of aromatic nitrogens is 4. The molecule has 8 heteroatoms. The Morgan fingerprint density at radius 3 is 2.18 bits per heavy atom. The second kappa shape index (κ2) is 10.4. The lowest BCUT2D eigenvalue weighted by Gasteiger charge is -2.41. The van der Waals surface area contributed by atoms with Gasteiger partial charge in [-0.15, -0.1) is 5.10 Å². The van der Waals surface area contributed by atoms with Gasteiger partial charge in [-0.25, -0.2) is 4.68 Å². The van der Waals surface area contributed by atoms with Crippen LogP contribution >= 0.6 is 0 Å². The summed E-state index contributed by atoms with van der Waals surface area (Å²) in [6, 6.07) is 7.44. The minimum Gasteiger partial charge on any atom is -0.493 e. The van der Waals surface area contributed by atoms with Crippen molar-refractivity contribution in [2.24, 2.45) is 0 Å². The van der Waals surface area contributed by atoms with Crippen molar-refractivity contribution in [2.45, 2.75) is 75.9 Å². The maximum atomic E-state index is 5.65. The highest BCUT2D eigenvalue weighted by Gasteiger charge is 2.34. The van der Waals surface area contributed by atoms with Gasteiger partial charge in [-0.05, 0) is 53.8 Å². The van der Waals surface area contributed by atoms with Crippen LogP contribution < -0.4 is 9.47 Å². The number of methoxy groups -OCH3 is 2. The highest BCUT2D eigenvalue weighted by atomic mass is 16.5. The number of benzene rings is 1. The fraction of sp³-hybridized carbons (Fsp3) is 0.720. The lowest BCUT2D eigenvalue weighted by Crippen LogP contribution is -2.51. The fourth-order valence-corrected chi connectivity index (χ4v) is 6.14. The van der Waals surface area contributed by atoms with E-state index in [1.54, 1.807) is 14.2 Å². The Hall–Kier alpha value is -2.19. The van der Waals surface area contributed by atoms with E-state index in [0.717, 1.165) is 67.9 Å². The molecule has 8 nitrogen and oxygen atoms in total. The zero-order valence-corrected chi connectivity index (χ0v) is 20.2. The molecule has 1 atom stereocenters. The quantitative estimate of drug-likeness (QED) is 0.629. The van der Waals surface area contributed by atoms with E-state index in [0.29, 0.717) is 6.04 Å². The molecular weight excluding hydrogens is 416 g/mol. The number of rotatable bonds is 7. The smallest absolute Gasteiger partial charge is 0.173 e. The van der Waals surface area contributed by atoms with Gasteiger partial charge in [-0.1, -0.05) is 38.2 Å². The minimum absolute atomic E-state index is 0.00691. The summed E-state index contributed by atoms with van der Waals surface area (Å²) in [6.45, 7) is 4.26. The van der Waals surface area contributed by atoms with Crippen LogP contribution in [-0.4, -0.2) is 76.4 Å². The molecule has 0 bridgehead atoms. The monoisotopic (exact) mass is 454 g/mol. The van der Waals surface area contributed by atoms with Crippen LogP contribution in [0.3, 0.4) is 0 Å². The van der Waals surface area contributed by atoms with Crippen molar-refractivity contribution in [1.29, 1.82) is 0 Å². The zero-order valence-electron chi connectivity index (χ0n) is 20.2. The molecule has 2 saturated carbocycles. The standard InChI is InChI=1S/C25H38N6O2/c1-32-22-13-12-19(18-23(22)33-2)24(25-26-27-28-31(25)21-10-4-3-5-11-21)30-16-14-29(15-17-30)20-8-6-7-9-20/h12-13,18,20-21,24H,3-11,14-17H2,1-2H3. The van der Waals surface area contributed by atoms with Gasteiger partial charge >= 0.3 is 0 Å². The van der Waals surface area contributed by atoms with E-state index in [9.17, 15) is 0 Å². The lowest BCUT2D eigenvalue weighted by molar-refractivity contribution is 0.0760. The van der Waals surface area contributed by atoms with Gasteiger partial charge in [0.15, 0.2) is 17.3 Å². The fourth-order valence-electron chi connectivity index (χ4n) is 6.14. The molecule has 2 aliphatic carbocycles. The van der Waals surface area contributed by atoms with Crippen LogP contribution in [0, 0.1) is 0 Å². The average molecular weight is 455 g/mol. The van der Waals surface area contributed by atoms with Crippen molar-refractivity contribution in [3.05, 3.63) is 29.6 Å². The number of hydrogen-bond acceptors (Lipinski definition) is 7. The highest BCUT2D eigenvalue weighted by molar-refractivity contribution is 5.45. The van der Waals surface area contributed by atoms with Crippen molar-refractivity contribution in [2.75, 3.05) is 40.4 Å². The number of nitrogens with zero attached hydrogens (tertiary/aromatic N) is 6. The topological polar surface area (TPSA) is 68.5 Å². The molecule has 1 saturated heterocycles. The summed E-state index contributed by atoms with van der Waals surface area (Å²) in [6.07, 6.45) is 11.6. The Morgan fingerprint density at radius 1 is 0.818 bits per heavy atom. The van der Waals surface area contributed by atoms with Crippen molar-refractivity contribution in [3.63, 3.8) is 0 Å². The van der Waals surface area contributed by atoms with Crippen LogP contribution in [0.4, 0.5) is 0 Å². The Labute approximate surface area is 197 Å². The molecule has 0 N–H and O–H groups in total. The highest BCUT2D eigenvalue weighted by Crippen LogP contribution is 2.37.